The quantitative estimate of drug-likeness (QED) is 0.0622. The summed E-state index contributed by atoms with van der Waals surface area (Å²) in [6, 6.07) is -1.30. The number of rotatable bonds is 15. The van der Waals surface area contributed by atoms with Crippen molar-refractivity contribution in [3.63, 3.8) is 0 Å². The molecule has 1 saturated heterocycles. The van der Waals surface area contributed by atoms with Crippen LogP contribution in [0.3, 0.4) is 0 Å². The number of anilines is 1. The Hall–Kier alpha value is -2.44. The third kappa shape index (κ3) is 8.57. The summed E-state index contributed by atoms with van der Waals surface area (Å²) < 4.78 is 53.0. The number of nitrogen functional groups attached to an aromatic ring is 1. The fraction of sp³-hybridized carbons (Fsp3) is 0.650. The van der Waals surface area contributed by atoms with E-state index in [1.165, 1.54) is 17.8 Å². The number of aromatic nitrogens is 4. The summed E-state index contributed by atoms with van der Waals surface area (Å²) in [5.74, 6) is -2.63. The first kappa shape index (κ1) is 34.1. The van der Waals surface area contributed by atoms with Crippen LogP contribution in [0.1, 0.15) is 27.0 Å². The van der Waals surface area contributed by atoms with Gasteiger partial charge in [0.25, 0.3) is 5.56 Å². The van der Waals surface area contributed by atoms with E-state index in [4.69, 9.17) is 40.2 Å². The van der Waals surface area contributed by atoms with Gasteiger partial charge in [-0.15, -0.1) is 11.6 Å². The predicted octanol–water partition coefficient (Wildman–Crippen LogP) is -0.249. The zero-order chi connectivity index (χ0) is 31.2. The van der Waals surface area contributed by atoms with Gasteiger partial charge in [-0.1, -0.05) is 6.92 Å². The highest BCUT2D eigenvalue weighted by atomic mass is 35.5. The van der Waals surface area contributed by atoms with E-state index in [-0.39, 0.29) is 36.1 Å². The second kappa shape index (κ2) is 14.4. The van der Waals surface area contributed by atoms with Crippen LogP contribution in [0.25, 0.3) is 11.2 Å². The number of nitrogens with one attached hydrogen (secondary N) is 3. The van der Waals surface area contributed by atoms with Crippen LogP contribution < -0.4 is 21.7 Å². The minimum atomic E-state index is -5.19. The van der Waals surface area contributed by atoms with E-state index in [1.807, 2.05) is 0 Å². The Balaban J connectivity index is 1.69. The maximum Gasteiger partial charge on any atom is 0.480 e. The molecule has 0 spiro atoms. The second-order valence-electron chi connectivity index (χ2n) is 8.95. The molecule has 2 aromatic rings. The van der Waals surface area contributed by atoms with Crippen LogP contribution in [0.2, 0.25) is 0 Å². The minimum absolute atomic E-state index is 0.00413. The minimum Gasteiger partial charge on any atom is -0.465 e. The van der Waals surface area contributed by atoms with Gasteiger partial charge in [0.2, 0.25) is 11.9 Å². The molecule has 1 aliphatic heterocycles. The lowest BCUT2D eigenvalue weighted by molar-refractivity contribution is -0.144. The van der Waals surface area contributed by atoms with Crippen LogP contribution in [0.15, 0.2) is 11.1 Å². The first-order chi connectivity index (χ1) is 19.7. The molecule has 42 heavy (non-hydrogen) atoms. The Bertz CT molecular complexity index is 1420. The van der Waals surface area contributed by atoms with Crippen molar-refractivity contribution in [2.24, 2.45) is 5.92 Å². The van der Waals surface area contributed by atoms with Gasteiger partial charge in [-0.2, -0.15) is 9.29 Å². The number of aliphatic hydroxyl groups excluding tert-OH is 1. The number of nitrogens with zero attached hydrogens (tertiary/aromatic N) is 3. The first-order valence-corrected chi connectivity index (χ1v) is 16.0. The third-order valence-corrected chi connectivity index (χ3v) is 9.50. The van der Waals surface area contributed by atoms with Gasteiger partial charge in [0.1, 0.15) is 18.0 Å². The van der Waals surface area contributed by atoms with E-state index >= 15 is 0 Å². The summed E-state index contributed by atoms with van der Waals surface area (Å²) in [6.45, 7) is 3.06. The van der Waals surface area contributed by atoms with Crippen LogP contribution in [-0.2, 0) is 41.6 Å². The molecule has 7 N–H and O–H groups in total. The normalized spacial score (nSPS) is 24.1. The van der Waals surface area contributed by atoms with Gasteiger partial charge in [0.05, 0.1) is 32.3 Å². The number of aliphatic hydroxyl groups is 1. The van der Waals surface area contributed by atoms with E-state index in [0.29, 0.717) is 0 Å². The molecule has 2 aromatic heterocycles. The van der Waals surface area contributed by atoms with E-state index in [2.05, 4.69) is 25.4 Å². The molecule has 1 fully saturated rings. The second-order valence-corrected chi connectivity index (χ2v) is 12.6. The van der Waals surface area contributed by atoms with Crippen molar-refractivity contribution < 1.29 is 51.6 Å². The fourth-order valence-electron chi connectivity index (χ4n) is 3.79. The number of carbonyl (C=O) groups is 2. The van der Waals surface area contributed by atoms with Crippen molar-refractivity contribution in [2.75, 3.05) is 38.0 Å². The van der Waals surface area contributed by atoms with E-state index in [9.17, 15) is 33.5 Å². The number of alkyl halides is 1. The Morgan fingerprint density at radius 3 is 2.74 bits per heavy atom. The maximum absolute atomic E-state index is 13.3. The van der Waals surface area contributed by atoms with Crippen LogP contribution in [0.5, 0.6) is 0 Å². The van der Waals surface area contributed by atoms with Crippen molar-refractivity contribution in [2.45, 2.75) is 45.2 Å². The summed E-state index contributed by atoms with van der Waals surface area (Å²) in [4.78, 5) is 56.1. The molecule has 0 aromatic carbocycles. The average Bonchev–Trinajstić information content (AvgIpc) is 3.45. The van der Waals surface area contributed by atoms with Gasteiger partial charge in [-0.25, -0.2) is 19.2 Å². The van der Waals surface area contributed by atoms with Crippen LogP contribution in [0, 0.1) is 5.92 Å². The molecule has 0 aliphatic carbocycles. The molecular weight excluding hydrogens is 628 g/mol. The topological polar surface area (TPSA) is 269 Å². The highest BCUT2D eigenvalue weighted by molar-refractivity contribution is 7.63. The molecule has 0 bridgehead atoms. The smallest absolute Gasteiger partial charge is 0.465 e. The lowest BCUT2D eigenvalue weighted by Gasteiger charge is -2.24. The van der Waals surface area contributed by atoms with Crippen LogP contribution >= 0.6 is 27.2 Å². The van der Waals surface area contributed by atoms with Gasteiger partial charge < -0.3 is 30.5 Å². The van der Waals surface area contributed by atoms with E-state index in [0.717, 1.165) is 0 Å². The molecular formula is C20H32ClN7O12P2. The largest absolute Gasteiger partial charge is 0.480 e. The lowest BCUT2D eigenvalue weighted by atomic mass is 10.0. The highest BCUT2D eigenvalue weighted by Gasteiger charge is 2.45. The summed E-state index contributed by atoms with van der Waals surface area (Å²) in [5, 5.41) is 15.3. The molecule has 19 nitrogen and oxygen atoms in total. The van der Waals surface area contributed by atoms with Crippen LogP contribution in [-0.4, -0.2) is 91.9 Å². The van der Waals surface area contributed by atoms with Crippen molar-refractivity contribution >= 4 is 56.2 Å². The Kier molecular flexibility index (Phi) is 11.6. The predicted molar refractivity (Wildman–Crippen MR) is 145 cm³/mol. The van der Waals surface area contributed by atoms with Gasteiger partial charge in [-0.05, 0) is 13.8 Å². The number of nitrogens with two attached hydrogens (primary N) is 1. The van der Waals surface area contributed by atoms with E-state index in [1.54, 1.807) is 13.8 Å². The highest BCUT2D eigenvalue weighted by Crippen LogP contribution is 2.61. The molecule has 1 aliphatic rings. The number of aromatic amines is 1. The molecule has 2 unspecified atom stereocenters. The lowest BCUT2D eigenvalue weighted by Crippen LogP contribution is -2.35. The summed E-state index contributed by atoms with van der Waals surface area (Å²) >= 11 is 5.39. The fourth-order valence-corrected chi connectivity index (χ4v) is 6.85. The number of imidazole rings is 1. The van der Waals surface area contributed by atoms with E-state index < -0.39 is 76.6 Å². The third-order valence-electron chi connectivity index (χ3n) is 5.87. The SMILES string of the molecule is CCOC(=O)[C@H](C)NP(=O)(OCCNC(=O)CCl)OP(=O)(O)OC[C@H]1O[C@@H](n2cnc3c(=O)[nH]c(N)nc32)[C@H](O)[C@@H]1C. The molecule has 0 radical (unpaired) electrons. The summed E-state index contributed by atoms with van der Waals surface area (Å²) in [6.07, 6.45) is -2.13. The molecule has 236 valence electrons. The number of H-pyrrole nitrogens is 1. The Morgan fingerprint density at radius 2 is 2.07 bits per heavy atom. The number of amides is 1. The first-order valence-electron chi connectivity index (χ1n) is 12.5. The van der Waals surface area contributed by atoms with Crippen molar-refractivity contribution in [3.8, 4) is 0 Å². The van der Waals surface area contributed by atoms with Gasteiger partial charge in [-0.3, -0.25) is 33.0 Å². The number of carbonyl (C=O) groups excluding carboxylic acids is 2. The number of phosphoric ester groups is 1. The molecule has 7 atom stereocenters. The zero-order valence-corrected chi connectivity index (χ0v) is 25.2. The molecule has 0 saturated carbocycles. The zero-order valence-electron chi connectivity index (χ0n) is 22.7. The van der Waals surface area contributed by atoms with Gasteiger partial charge in [0, 0.05) is 12.5 Å². The number of hydrogen-bond donors (Lipinski definition) is 6. The number of esters is 1. The number of fused-ring (bicyclic) bond motifs is 1. The van der Waals surface area contributed by atoms with Gasteiger partial charge >= 0.3 is 21.5 Å². The summed E-state index contributed by atoms with van der Waals surface area (Å²) in [7, 11) is -9.94. The molecule has 22 heteroatoms. The maximum atomic E-state index is 13.3. The standard InChI is InChI=1S/C20H32ClN7O12P2/c1-4-36-19(32)11(3)27-41(33,37-6-5-23-13(29)7-21)40-42(34,35)38-8-12-10(2)15(30)18(39-12)28-9-24-14-16(28)25-20(22)26-17(14)31/h9-12,15,18,30H,4-8H2,1-3H3,(H,23,29)(H,27,33)(H,34,35)(H3,22,25,26,31)/t10-,11+,12-,15-,18-,41?/m1/s1. The summed E-state index contributed by atoms with van der Waals surface area (Å²) in [5.41, 5.74) is 4.99. The molecule has 1 amide bonds. The Morgan fingerprint density at radius 1 is 1.36 bits per heavy atom. The monoisotopic (exact) mass is 659 g/mol. The number of phosphoric acid groups is 1. The Labute approximate surface area is 243 Å². The van der Waals surface area contributed by atoms with Crippen LogP contribution in [0.4, 0.5) is 5.95 Å². The average molecular weight is 660 g/mol. The van der Waals surface area contributed by atoms with Crippen molar-refractivity contribution in [1.29, 1.82) is 0 Å². The number of ether oxygens (including phenoxy) is 2. The molecule has 3 rings (SSSR count). The number of hydrogen-bond acceptors (Lipinski definition) is 14. The molecule has 3 heterocycles. The number of halogens is 1. The van der Waals surface area contributed by atoms with Crippen molar-refractivity contribution in [3.05, 3.63) is 16.7 Å². The van der Waals surface area contributed by atoms with Gasteiger partial charge in [0.15, 0.2) is 17.4 Å². The van der Waals surface area contributed by atoms with Crippen molar-refractivity contribution in [1.82, 2.24) is 29.9 Å².